The van der Waals surface area contributed by atoms with Crippen LogP contribution in [0, 0.1) is 5.92 Å². The maximum Gasteiger partial charge on any atom is 0.0857 e. The normalized spacial score (nSPS) is 15.5. The van der Waals surface area contributed by atoms with Gasteiger partial charge in [0.25, 0.3) is 0 Å². The Bertz CT molecular complexity index is 373. The summed E-state index contributed by atoms with van der Waals surface area (Å²) in [7, 11) is 1.75. The first-order valence-electron chi connectivity index (χ1n) is 6.96. The maximum absolute atomic E-state index is 5.20. The highest BCUT2D eigenvalue weighted by Crippen LogP contribution is 2.34. The van der Waals surface area contributed by atoms with Crippen LogP contribution in [0.4, 0.5) is 0 Å². The lowest BCUT2D eigenvalue weighted by Gasteiger charge is -2.26. The summed E-state index contributed by atoms with van der Waals surface area (Å²) >= 11 is 1.52. The van der Waals surface area contributed by atoms with Crippen molar-refractivity contribution in [3.8, 4) is 0 Å². The van der Waals surface area contributed by atoms with Crippen molar-refractivity contribution in [3.05, 3.63) is 10.6 Å². The molecule has 0 aliphatic heterocycles. The summed E-state index contributed by atoms with van der Waals surface area (Å²) in [6.07, 6.45) is 1.04. The second-order valence-corrected chi connectivity index (χ2v) is 6.82. The summed E-state index contributed by atoms with van der Waals surface area (Å²) in [5.41, 5.74) is 1.16. The summed E-state index contributed by atoms with van der Waals surface area (Å²) in [6.45, 7) is 12.7. The van der Waals surface area contributed by atoms with E-state index in [-0.39, 0.29) is 5.41 Å². The third-order valence-corrected chi connectivity index (χ3v) is 4.08. The second-order valence-electron chi connectivity index (χ2n) is 6.03. The van der Waals surface area contributed by atoms with Gasteiger partial charge < -0.3 is 10.1 Å². The van der Waals surface area contributed by atoms with Crippen LogP contribution in [0.5, 0.6) is 0 Å². The Hall–Kier alpha value is -0.520. The Kier molecular flexibility index (Phi) is 6.36. The molecule has 0 aromatic carbocycles. The third-order valence-electron chi connectivity index (χ3n) is 3.28. The SMILES string of the molecule is CCNC(c1snnc1C(C)(C)C)C(C)CCOC. The van der Waals surface area contributed by atoms with E-state index in [1.807, 2.05) is 0 Å². The zero-order valence-corrected chi connectivity index (χ0v) is 13.8. The van der Waals surface area contributed by atoms with Crippen LogP contribution in [0.15, 0.2) is 0 Å². The zero-order chi connectivity index (χ0) is 14.5. The second kappa shape index (κ2) is 7.31. The molecule has 2 atom stereocenters. The van der Waals surface area contributed by atoms with E-state index in [0.29, 0.717) is 12.0 Å². The quantitative estimate of drug-likeness (QED) is 0.836. The Morgan fingerprint density at radius 2 is 2.05 bits per heavy atom. The van der Waals surface area contributed by atoms with E-state index in [0.717, 1.165) is 25.3 Å². The van der Waals surface area contributed by atoms with Crippen LogP contribution in [-0.2, 0) is 10.2 Å². The molecule has 1 N–H and O–H groups in total. The Morgan fingerprint density at radius 3 is 2.58 bits per heavy atom. The number of methoxy groups -OCH3 is 1. The Balaban J connectivity index is 2.96. The number of nitrogens with zero attached hydrogens (tertiary/aromatic N) is 2. The molecule has 5 heteroatoms. The number of rotatable bonds is 7. The van der Waals surface area contributed by atoms with E-state index < -0.39 is 0 Å². The molecule has 0 saturated carbocycles. The van der Waals surface area contributed by atoms with E-state index in [9.17, 15) is 0 Å². The van der Waals surface area contributed by atoms with Crippen molar-refractivity contribution in [2.24, 2.45) is 5.92 Å². The molecule has 0 fully saturated rings. The number of hydrogen-bond donors (Lipinski definition) is 1. The molecule has 0 radical (unpaired) electrons. The van der Waals surface area contributed by atoms with Crippen LogP contribution in [0.1, 0.15) is 57.7 Å². The van der Waals surface area contributed by atoms with E-state index in [2.05, 4.69) is 49.5 Å². The van der Waals surface area contributed by atoms with Gasteiger partial charge in [-0.15, -0.1) is 5.10 Å². The molecular formula is C14H27N3OS. The van der Waals surface area contributed by atoms with Gasteiger partial charge in [-0.25, -0.2) is 0 Å². The molecule has 1 aromatic heterocycles. The van der Waals surface area contributed by atoms with Gasteiger partial charge in [-0.3, -0.25) is 0 Å². The van der Waals surface area contributed by atoms with Crippen molar-refractivity contribution < 1.29 is 4.74 Å². The lowest BCUT2D eigenvalue weighted by molar-refractivity contribution is 0.170. The molecule has 0 aliphatic rings. The molecule has 4 nitrogen and oxygen atoms in total. The van der Waals surface area contributed by atoms with Gasteiger partial charge in [0.15, 0.2) is 0 Å². The molecule has 110 valence electrons. The average Bonchev–Trinajstić information content (AvgIpc) is 2.81. The minimum absolute atomic E-state index is 0.0387. The summed E-state index contributed by atoms with van der Waals surface area (Å²) < 4.78 is 9.37. The molecule has 0 spiro atoms. The molecule has 19 heavy (non-hydrogen) atoms. The highest BCUT2D eigenvalue weighted by atomic mass is 32.1. The molecule has 1 heterocycles. The van der Waals surface area contributed by atoms with E-state index in [1.165, 1.54) is 16.4 Å². The molecule has 1 rings (SSSR count). The summed E-state index contributed by atoms with van der Waals surface area (Å²) in [6, 6.07) is 0.314. The van der Waals surface area contributed by atoms with Crippen LogP contribution < -0.4 is 5.32 Å². The maximum atomic E-state index is 5.20. The number of hydrogen-bond acceptors (Lipinski definition) is 5. The fraction of sp³-hybridized carbons (Fsp3) is 0.857. The lowest BCUT2D eigenvalue weighted by Crippen LogP contribution is -2.29. The highest BCUT2D eigenvalue weighted by Gasteiger charge is 2.29. The van der Waals surface area contributed by atoms with Gasteiger partial charge in [0, 0.05) is 25.2 Å². The van der Waals surface area contributed by atoms with Crippen molar-refractivity contribution in [3.63, 3.8) is 0 Å². The van der Waals surface area contributed by atoms with Crippen molar-refractivity contribution in [2.45, 2.75) is 52.5 Å². The molecule has 1 aromatic rings. The fourth-order valence-corrected chi connectivity index (χ4v) is 3.24. The molecule has 2 unspecified atom stereocenters. The van der Waals surface area contributed by atoms with Gasteiger partial charge in [0.05, 0.1) is 10.6 Å². The largest absolute Gasteiger partial charge is 0.385 e. The highest BCUT2D eigenvalue weighted by molar-refractivity contribution is 7.05. The van der Waals surface area contributed by atoms with E-state index in [4.69, 9.17) is 4.74 Å². The van der Waals surface area contributed by atoms with Gasteiger partial charge in [-0.2, -0.15) is 0 Å². The lowest BCUT2D eigenvalue weighted by atomic mass is 9.87. The van der Waals surface area contributed by atoms with Gasteiger partial charge in [-0.05, 0) is 30.4 Å². The first-order valence-corrected chi connectivity index (χ1v) is 7.74. The topological polar surface area (TPSA) is 47.0 Å². The molecule has 0 aliphatic carbocycles. The predicted octanol–water partition coefficient (Wildman–Crippen LogP) is 3.16. The van der Waals surface area contributed by atoms with Crippen molar-refractivity contribution in [2.75, 3.05) is 20.3 Å². The van der Waals surface area contributed by atoms with Gasteiger partial charge in [0.1, 0.15) is 0 Å². The van der Waals surface area contributed by atoms with Crippen molar-refractivity contribution >= 4 is 11.5 Å². The van der Waals surface area contributed by atoms with Crippen LogP contribution in [0.2, 0.25) is 0 Å². The molecule has 0 saturated heterocycles. The third kappa shape index (κ3) is 4.51. The summed E-state index contributed by atoms with van der Waals surface area (Å²) in [5.74, 6) is 0.503. The molecule has 0 bridgehead atoms. The Labute approximate surface area is 121 Å². The van der Waals surface area contributed by atoms with Gasteiger partial charge >= 0.3 is 0 Å². The minimum Gasteiger partial charge on any atom is -0.385 e. The summed E-state index contributed by atoms with van der Waals surface area (Å²) in [5, 5.41) is 7.93. The minimum atomic E-state index is 0.0387. The van der Waals surface area contributed by atoms with Crippen LogP contribution in [-0.4, -0.2) is 29.8 Å². The van der Waals surface area contributed by atoms with Gasteiger partial charge in [-0.1, -0.05) is 39.1 Å². The predicted molar refractivity (Wildman–Crippen MR) is 80.7 cm³/mol. The zero-order valence-electron chi connectivity index (χ0n) is 13.0. The van der Waals surface area contributed by atoms with Crippen molar-refractivity contribution in [1.82, 2.24) is 14.9 Å². The van der Waals surface area contributed by atoms with Crippen LogP contribution in [0.3, 0.4) is 0 Å². The number of nitrogens with one attached hydrogen (secondary N) is 1. The van der Waals surface area contributed by atoms with Crippen LogP contribution >= 0.6 is 11.5 Å². The molecule has 0 amide bonds. The van der Waals surface area contributed by atoms with E-state index in [1.54, 1.807) is 7.11 Å². The van der Waals surface area contributed by atoms with Crippen molar-refractivity contribution in [1.29, 1.82) is 0 Å². The Morgan fingerprint density at radius 1 is 1.37 bits per heavy atom. The van der Waals surface area contributed by atoms with E-state index >= 15 is 0 Å². The molecular weight excluding hydrogens is 258 g/mol. The summed E-state index contributed by atoms with van der Waals surface area (Å²) in [4.78, 5) is 1.28. The fourth-order valence-electron chi connectivity index (χ4n) is 2.16. The first-order chi connectivity index (χ1) is 8.91. The average molecular weight is 285 g/mol. The monoisotopic (exact) mass is 285 g/mol. The standard InChI is InChI=1S/C14H27N3OS/c1-7-15-11(10(2)8-9-18-6)12-13(14(3,4)5)16-17-19-12/h10-11,15H,7-9H2,1-6H3. The number of aromatic nitrogens is 2. The van der Waals surface area contributed by atoms with Crippen LogP contribution in [0.25, 0.3) is 0 Å². The van der Waals surface area contributed by atoms with Gasteiger partial charge in [0.2, 0.25) is 0 Å². The number of ether oxygens (including phenoxy) is 1. The smallest absolute Gasteiger partial charge is 0.0857 e. The first kappa shape index (κ1) is 16.5.